The minimum absolute atomic E-state index is 0.154. The van der Waals surface area contributed by atoms with Gasteiger partial charge in [0.2, 0.25) is 0 Å². The Bertz CT molecular complexity index is 393. The van der Waals surface area contributed by atoms with Crippen LogP contribution in [0, 0.1) is 0 Å². The summed E-state index contributed by atoms with van der Waals surface area (Å²) >= 11 is 1.28. The summed E-state index contributed by atoms with van der Waals surface area (Å²) in [5, 5.41) is 6.57. The molecule has 1 amide bonds. The summed E-state index contributed by atoms with van der Waals surface area (Å²) in [4.78, 5) is 18.6. The van der Waals surface area contributed by atoms with Gasteiger partial charge >= 0.3 is 0 Å². The third-order valence-electron chi connectivity index (χ3n) is 2.51. The van der Waals surface area contributed by atoms with Crippen LogP contribution in [0.2, 0.25) is 0 Å². The predicted molar refractivity (Wildman–Crippen MR) is 76.2 cm³/mol. The van der Waals surface area contributed by atoms with E-state index in [0.717, 1.165) is 19.6 Å². The third-order valence-corrected chi connectivity index (χ3v) is 3.53. The fourth-order valence-electron chi connectivity index (χ4n) is 1.32. The van der Waals surface area contributed by atoms with Crippen LogP contribution in [-0.4, -0.2) is 49.0 Å². The molecule has 4 N–H and O–H groups in total. The minimum Gasteiger partial charge on any atom is -0.382 e. The van der Waals surface area contributed by atoms with Gasteiger partial charge in [-0.3, -0.25) is 4.79 Å². The number of anilines is 2. The molecule has 18 heavy (non-hydrogen) atoms. The van der Waals surface area contributed by atoms with Gasteiger partial charge < -0.3 is 21.3 Å². The number of hydrogen-bond acceptors (Lipinski definition) is 6. The van der Waals surface area contributed by atoms with Crippen LogP contribution in [0.15, 0.2) is 0 Å². The van der Waals surface area contributed by atoms with Crippen LogP contribution in [0.4, 0.5) is 10.9 Å². The van der Waals surface area contributed by atoms with Gasteiger partial charge in [0.05, 0.1) is 0 Å². The van der Waals surface area contributed by atoms with Gasteiger partial charge in [0, 0.05) is 19.6 Å². The Kier molecular flexibility index (Phi) is 5.87. The Morgan fingerprint density at radius 1 is 1.50 bits per heavy atom. The molecule has 0 unspecified atom stereocenters. The maximum atomic E-state index is 11.9. The Morgan fingerprint density at radius 2 is 2.22 bits per heavy atom. The van der Waals surface area contributed by atoms with Crippen LogP contribution in [0.3, 0.4) is 0 Å². The average molecular weight is 271 g/mol. The quantitative estimate of drug-likeness (QED) is 0.684. The standard InChI is InChI=1S/C11H21N5OS/c1-4-13-11-15-9(12)8(18-11)10(17)14-6-7-16(3)5-2/h4-7,12H2,1-3H3,(H,13,15)(H,14,17). The van der Waals surface area contributed by atoms with E-state index in [-0.39, 0.29) is 11.7 Å². The lowest BCUT2D eigenvalue weighted by atomic mass is 10.4. The van der Waals surface area contributed by atoms with E-state index in [2.05, 4.69) is 27.4 Å². The first-order valence-corrected chi connectivity index (χ1v) is 6.87. The Morgan fingerprint density at radius 3 is 2.83 bits per heavy atom. The molecule has 0 fully saturated rings. The molecule has 1 heterocycles. The van der Waals surface area contributed by atoms with Crippen LogP contribution >= 0.6 is 11.3 Å². The van der Waals surface area contributed by atoms with E-state index in [4.69, 9.17) is 5.73 Å². The Labute approximate surface area is 112 Å². The zero-order chi connectivity index (χ0) is 13.5. The number of likely N-dealkylation sites (N-methyl/N-ethyl adjacent to an activating group) is 1. The first-order valence-electron chi connectivity index (χ1n) is 6.05. The molecular formula is C11H21N5OS. The van der Waals surface area contributed by atoms with Gasteiger partial charge in [0.25, 0.3) is 5.91 Å². The number of aromatic nitrogens is 1. The van der Waals surface area contributed by atoms with Crippen molar-refractivity contribution < 1.29 is 4.79 Å². The van der Waals surface area contributed by atoms with Gasteiger partial charge in [0.1, 0.15) is 10.7 Å². The first kappa shape index (κ1) is 14.7. The molecule has 0 aliphatic rings. The van der Waals surface area contributed by atoms with Crippen molar-refractivity contribution in [3.8, 4) is 0 Å². The Balaban J connectivity index is 2.50. The highest BCUT2D eigenvalue weighted by Crippen LogP contribution is 2.24. The molecule has 0 bridgehead atoms. The number of nitrogens with two attached hydrogens (primary N) is 1. The van der Waals surface area contributed by atoms with Crippen molar-refractivity contribution >= 4 is 28.2 Å². The van der Waals surface area contributed by atoms with Crippen LogP contribution in [0.25, 0.3) is 0 Å². The molecule has 1 aromatic rings. The largest absolute Gasteiger partial charge is 0.382 e. The van der Waals surface area contributed by atoms with Crippen molar-refractivity contribution in [3.05, 3.63) is 4.88 Å². The third kappa shape index (κ3) is 4.15. The van der Waals surface area contributed by atoms with Crippen molar-refractivity contribution in [2.24, 2.45) is 0 Å². The molecular weight excluding hydrogens is 250 g/mol. The number of carbonyl (C=O) groups excluding carboxylic acids is 1. The monoisotopic (exact) mass is 271 g/mol. The number of nitrogens with one attached hydrogen (secondary N) is 2. The molecule has 0 aromatic carbocycles. The predicted octanol–water partition coefficient (Wildman–Crippen LogP) is 0.839. The van der Waals surface area contributed by atoms with Gasteiger partial charge in [-0.15, -0.1) is 0 Å². The van der Waals surface area contributed by atoms with Gasteiger partial charge in [0.15, 0.2) is 5.13 Å². The van der Waals surface area contributed by atoms with E-state index >= 15 is 0 Å². The number of amides is 1. The number of carbonyl (C=O) groups is 1. The molecule has 0 aliphatic carbocycles. The fourth-order valence-corrected chi connectivity index (χ4v) is 2.19. The number of rotatable bonds is 7. The van der Waals surface area contributed by atoms with E-state index in [1.54, 1.807) is 0 Å². The molecule has 0 radical (unpaired) electrons. The molecule has 7 heteroatoms. The molecule has 0 atom stereocenters. The molecule has 0 saturated heterocycles. The fraction of sp³-hybridized carbons (Fsp3) is 0.636. The lowest BCUT2D eigenvalue weighted by molar-refractivity contribution is 0.0955. The number of nitrogens with zero attached hydrogens (tertiary/aromatic N) is 2. The number of nitrogen functional groups attached to an aromatic ring is 1. The molecule has 6 nitrogen and oxygen atoms in total. The van der Waals surface area contributed by atoms with Crippen molar-refractivity contribution in [2.45, 2.75) is 13.8 Å². The van der Waals surface area contributed by atoms with E-state index in [9.17, 15) is 4.79 Å². The number of hydrogen-bond donors (Lipinski definition) is 3. The minimum atomic E-state index is -0.154. The molecule has 0 spiro atoms. The summed E-state index contributed by atoms with van der Waals surface area (Å²) in [7, 11) is 2.01. The van der Waals surface area contributed by atoms with Crippen molar-refractivity contribution in [3.63, 3.8) is 0 Å². The van der Waals surface area contributed by atoms with Gasteiger partial charge in [-0.1, -0.05) is 18.3 Å². The zero-order valence-corrected chi connectivity index (χ0v) is 11.9. The van der Waals surface area contributed by atoms with Gasteiger partial charge in [-0.25, -0.2) is 4.98 Å². The molecule has 0 aliphatic heterocycles. The summed E-state index contributed by atoms with van der Waals surface area (Å²) in [5.74, 6) is 0.135. The van der Waals surface area contributed by atoms with Gasteiger partial charge in [-0.2, -0.15) is 0 Å². The average Bonchev–Trinajstić information content (AvgIpc) is 2.70. The maximum Gasteiger partial charge on any atom is 0.265 e. The molecule has 1 rings (SSSR count). The van der Waals surface area contributed by atoms with Crippen LogP contribution in [0.5, 0.6) is 0 Å². The summed E-state index contributed by atoms with van der Waals surface area (Å²) in [6.07, 6.45) is 0. The summed E-state index contributed by atoms with van der Waals surface area (Å²) in [5.41, 5.74) is 5.72. The lowest BCUT2D eigenvalue weighted by Crippen LogP contribution is -2.32. The highest BCUT2D eigenvalue weighted by atomic mass is 32.1. The highest BCUT2D eigenvalue weighted by Gasteiger charge is 2.15. The second-order valence-corrected chi connectivity index (χ2v) is 4.91. The smallest absolute Gasteiger partial charge is 0.265 e. The summed E-state index contributed by atoms with van der Waals surface area (Å²) in [6, 6.07) is 0. The first-order chi connectivity index (χ1) is 8.58. The summed E-state index contributed by atoms with van der Waals surface area (Å²) in [6.45, 7) is 7.19. The van der Waals surface area contributed by atoms with Crippen LogP contribution < -0.4 is 16.4 Å². The second kappa shape index (κ2) is 7.17. The second-order valence-electron chi connectivity index (χ2n) is 3.92. The topological polar surface area (TPSA) is 83.3 Å². The van der Waals surface area contributed by atoms with Crippen molar-refractivity contribution in [2.75, 3.05) is 44.3 Å². The maximum absolute atomic E-state index is 11.9. The molecule has 1 aromatic heterocycles. The van der Waals surface area contributed by atoms with Crippen LogP contribution in [0.1, 0.15) is 23.5 Å². The normalized spacial score (nSPS) is 10.7. The van der Waals surface area contributed by atoms with Crippen molar-refractivity contribution in [1.82, 2.24) is 15.2 Å². The Hall–Kier alpha value is -1.34. The molecule has 102 valence electrons. The van der Waals surface area contributed by atoms with E-state index in [0.29, 0.717) is 16.6 Å². The van der Waals surface area contributed by atoms with E-state index in [1.807, 2.05) is 14.0 Å². The lowest BCUT2D eigenvalue weighted by Gasteiger charge is -2.13. The van der Waals surface area contributed by atoms with Crippen LogP contribution in [-0.2, 0) is 0 Å². The zero-order valence-electron chi connectivity index (χ0n) is 11.1. The highest BCUT2D eigenvalue weighted by molar-refractivity contribution is 7.18. The van der Waals surface area contributed by atoms with E-state index < -0.39 is 0 Å². The SMILES string of the molecule is CCNc1nc(N)c(C(=O)NCCN(C)CC)s1. The summed E-state index contributed by atoms with van der Waals surface area (Å²) < 4.78 is 0. The van der Waals surface area contributed by atoms with Gasteiger partial charge in [-0.05, 0) is 20.5 Å². The van der Waals surface area contributed by atoms with E-state index in [1.165, 1.54) is 11.3 Å². The molecule has 0 saturated carbocycles. The van der Waals surface area contributed by atoms with Crippen molar-refractivity contribution in [1.29, 1.82) is 0 Å². The number of thiazole rings is 1.